The monoisotopic (exact) mass is 382 g/mol. The lowest BCUT2D eigenvalue weighted by atomic mass is 9.97. The van der Waals surface area contributed by atoms with Crippen molar-refractivity contribution in [1.82, 2.24) is 10.2 Å². The lowest BCUT2D eigenvalue weighted by molar-refractivity contribution is -0.137. The second-order valence-corrected chi connectivity index (χ2v) is 6.63. The van der Waals surface area contributed by atoms with E-state index in [1.165, 1.54) is 0 Å². The topological polar surface area (TPSA) is 58.6 Å². The number of ether oxygens (including phenoxy) is 1. The molecule has 1 aromatic carbocycles. The predicted octanol–water partition coefficient (Wildman–Crippen LogP) is 2.59. The number of nitrogens with zero attached hydrogens (tertiary/aromatic N) is 1. The van der Waals surface area contributed by atoms with Gasteiger partial charge >= 0.3 is 0 Å². The standard InChI is InChI=1S/C17H23BrN2O3/c1-2-9-19-17(22)13-4-3-10-20(11-13)16(21)12-23-15-7-5-14(18)6-8-15/h5-8,13H,2-4,9-12H2,1H3,(H,19,22). The molecule has 23 heavy (non-hydrogen) atoms. The number of likely N-dealkylation sites (tertiary alicyclic amines) is 1. The van der Waals surface area contributed by atoms with Crippen molar-refractivity contribution >= 4 is 27.7 Å². The maximum Gasteiger partial charge on any atom is 0.260 e. The molecule has 1 heterocycles. The number of hydrogen-bond acceptors (Lipinski definition) is 3. The molecule has 1 fully saturated rings. The molecule has 1 unspecified atom stereocenters. The van der Waals surface area contributed by atoms with Crippen LogP contribution in [-0.4, -0.2) is 43.0 Å². The van der Waals surface area contributed by atoms with Crippen molar-refractivity contribution in [3.63, 3.8) is 0 Å². The van der Waals surface area contributed by atoms with Crippen molar-refractivity contribution in [2.24, 2.45) is 5.92 Å². The summed E-state index contributed by atoms with van der Waals surface area (Å²) in [4.78, 5) is 26.1. The quantitative estimate of drug-likeness (QED) is 0.822. The maximum atomic E-state index is 12.3. The van der Waals surface area contributed by atoms with Crippen LogP contribution in [0.3, 0.4) is 0 Å². The van der Waals surface area contributed by atoms with Crippen LogP contribution in [0.5, 0.6) is 5.75 Å². The number of nitrogens with one attached hydrogen (secondary N) is 1. The molecule has 0 bridgehead atoms. The number of carbonyl (C=O) groups excluding carboxylic acids is 2. The largest absolute Gasteiger partial charge is 0.484 e. The fourth-order valence-corrected chi connectivity index (χ4v) is 2.84. The van der Waals surface area contributed by atoms with Gasteiger partial charge in [-0.1, -0.05) is 22.9 Å². The van der Waals surface area contributed by atoms with Crippen LogP contribution in [0.15, 0.2) is 28.7 Å². The van der Waals surface area contributed by atoms with E-state index in [-0.39, 0.29) is 24.3 Å². The number of carbonyl (C=O) groups is 2. The van der Waals surface area contributed by atoms with Gasteiger partial charge in [0.05, 0.1) is 5.92 Å². The van der Waals surface area contributed by atoms with Gasteiger partial charge < -0.3 is 15.0 Å². The van der Waals surface area contributed by atoms with Crippen molar-refractivity contribution in [3.8, 4) is 5.75 Å². The third kappa shape index (κ3) is 5.53. The zero-order valence-electron chi connectivity index (χ0n) is 13.4. The average molecular weight is 383 g/mol. The van der Waals surface area contributed by atoms with Gasteiger partial charge in [0.15, 0.2) is 6.61 Å². The third-order valence-corrected chi connectivity index (χ3v) is 4.40. The molecule has 1 N–H and O–H groups in total. The fourth-order valence-electron chi connectivity index (χ4n) is 2.58. The normalized spacial score (nSPS) is 17.7. The Morgan fingerprint density at radius 1 is 1.35 bits per heavy atom. The van der Waals surface area contributed by atoms with Crippen molar-refractivity contribution < 1.29 is 14.3 Å². The van der Waals surface area contributed by atoms with Gasteiger partial charge in [-0.3, -0.25) is 9.59 Å². The molecule has 6 heteroatoms. The maximum absolute atomic E-state index is 12.3. The van der Waals surface area contributed by atoms with Crippen molar-refractivity contribution in [2.45, 2.75) is 26.2 Å². The minimum atomic E-state index is -0.105. The van der Waals surface area contributed by atoms with Crippen molar-refractivity contribution in [2.75, 3.05) is 26.2 Å². The van der Waals surface area contributed by atoms with Gasteiger partial charge in [0.2, 0.25) is 5.91 Å². The van der Waals surface area contributed by atoms with Crippen LogP contribution in [-0.2, 0) is 9.59 Å². The summed E-state index contributed by atoms with van der Waals surface area (Å²) in [5, 5.41) is 2.91. The van der Waals surface area contributed by atoms with Gasteiger partial charge in [0.1, 0.15) is 5.75 Å². The minimum absolute atomic E-state index is 0.00489. The Kier molecular flexibility index (Phi) is 6.89. The highest BCUT2D eigenvalue weighted by atomic mass is 79.9. The zero-order valence-corrected chi connectivity index (χ0v) is 15.0. The number of piperidine rings is 1. The Morgan fingerprint density at radius 2 is 2.09 bits per heavy atom. The number of amides is 2. The van der Waals surface area contributed by atoms with Gasteiger partial charge in [0.25, 0.3) is 5.91 Å². The van der Waals surface area contributed by atoms with Crippen LogP contribution in [0.2, 0.25) is 0 Å². The molecule has 5 nitrogen and oxygen atoms in total. The van der Waals surface area contributed by atoms with Crippen LogP contribution in [0, 0.1) is 5.92 Å². The van der Waals surface area contributed by atoms with E-state index in [0.717, 1.165) is 23.7 Å². The molecule has 2 amide bonds. The molecule has 1 atom stereocenters. The SMILES string of the molecule is CCCNC(=O)C1CCCN(C(=O)COc2ccc(Br)cc2)C1. The van der Waals surface area contributed by atoms with Crippen molar-refractivity contribution in [3.05, 3.63) is 28.7 Å². The van der Waals surface area contributed by atoms with E-state index in [1.54, 1.807) is 4.90 Å². The first-order valence-electron chi connectivity index (χ1n) is 8.04. The molecule has 1 aliphatic rings. The van der Waals surface area contributed by atoms with Gasteiger partial charge in [-0.15, -0.1) is 0 Å². The summed E-state index contributed by atoms with van der Waals surface area (Å²) >= 11 is 3.36. The first kappa shape index (κ1) is 17.8. The smallest absolute Gasteiger partial charge is 0.260 e. The Bertz CT molecular complexity index is 533. The van der Waals surface area contributed by atoms with E-state index < -0.39 is 0 Å². The number of halogens is 1. The fraction of sp³-hybridized carbons (Fsp3) is 0.529. The van der Waals surface area contributed by atoms with Gasteiger partial charge in [-0.2, -0.15) is 0 Å². The molecule has 2 rings (SSSR count). The summed E-state index contributed by atoms with van der Waals surface area (Å²) in [6, 6.07) is 7.37. The minimum Gasteiger partial charge on any atom is -0.484 e. The summed E-state index contributed by atoms with van der Waals surface area (Å²) in [7, 11) is 0. The molecule has 0 radical (unpaired) electrons. The third-order valence-electron chi connectivity index (χ3n) is 3.87. The Morgan fingerprint density at radius 3 is 2.78 bits per heavy atom. The predicted molar refractivity (Wildman–Crippen MR) is 92.2 cm³/mol. The summed E-state index contributed by atoms with van der Waals surface area (Å²) in [6.07, 6.45) is 2.61. The number of hydrogen-bond donors (Lipinski definition) is 1. The van der Waals surface area contributed by atoms with E-state index in [1.807, 2.05) is 31.2 Å². The number of benzene rings is 1. The van der Waals surface area contributed by atoms with Crippen LogP contribution >= 0.6 is 15.9 Å². The Labute approximate surface area is 145 Å². The van der Waals surface area contributed by atoms with Crippen LogP contribution in [0.25, 0.3) is 0 Å². The molecular formula is C17H23BrN2O3. The van der Waals surface area contributed by atoms with Crippen LogP contribution < -0.4 is 10.1 Å². The average Bonchev–Trinajstić information content (AvgIpc) is 2.59. The molecule has 1 aromatic rings. The van der Waals surface area contributed by atoms with Gasteiger partial charge in [-0.25, -0.2) is 0 Å². The molecule has 1 aliphatic heterocycles. The van der Waals surface area contributed by atoms with E-state index >= 15 is 0 Å². The van der Waals surface area contributed by atoms with Crippen molar-refractivity contribution in [1.29, 1.82) is 0 Å². The summed E-state index contributed by atoms with van der Waals surface area (Å²) in [6.45, 7) is 3.90. The molecule has 0 aliphatic carbocycles. The molecule has 1 saturated heterocycles. The zero-order chi connectivity index (χ0) is 16.7. The lowest BCUT2D eigenvalue weighted by Gasteiger charge is -2.32. The molecule has 0 spiro atoms. The van der Waals surface area contributed by atoms with E-state index in [4.69, 9.17) is 4.74 Å². The van der Waals surface area contributed by atoms with E-state index in [2.05, 4.69) is 21.2 Å². The second-order valence-electron chi connectivity index (χ2n) is 5.71. The first-order valence-corrected chi connectivity index (χ1v) is 8.83. The van der Waals surface area contributed by atoms with E-state index in [0.29, 0.717) is 25.4 Å². The highest BCUT2D eigenvalue weighted by Gasteiger charge is 2.28. The first-order chi connectivity index (χ1) is 11.1. The Balaban J connectivity index is 1.81. The van der Waals surface area contributed by atoms with Gasteiger partial charge in [0, 0.05) is 24.1 Å². The summed E-state index contributed by atoms with van der Waals surface area (Å²) in [5.41, 5.74) is 0. The molecular weight excluding hydrogens is 360 g/mol. The highest BCUT2D eigenvalue weighted by molar-refractivity contribution is 9.10. The molecule has 126 valence electrons. The number of rotatable bonds is 6. The summed E-state index contributed by atoms with van der Waals surface area (Å²) < 4.78 is 6.49. The Hall–Kier alpha value is -1.56. The van der Waals surface area contributed by atoms with E-state index in [9.17, 15) is 9.59 Å². The van der Waals surface area contributed by atoms with Crippen LogP contribution in [0.4, 0.5) is 0 Å². The molecule has 0 saturated carbocycles. The lowest BCUT2D eigenvalue weighted by Crippen LogP contribution is -2.46. The second kappa shape index (κ2) is 8.91. The van der Waals surface area contributed by atoms with Crippen LogP contribution in [0.1, 0.15) is 26.2 Å². The van der Waals surface area contributed by atoms with Gasteiger partial charge in [-0.05, 0) is 43.5 Å². The molecule has 0 aromatic heterocycles. The summed E-state index contributed by atoms with van der Waals surface area (Å²) in [5.74, 6) is 0.543. The highest BCUT2D eigenvalue weighted by Crippen LogP contribution is 2.18.